The number of hydrogen-bond acceptors (Lipinski definition) is 0. The monoisotopic (exact) mass is 570 g/mol. The number of rotatable bonds is 5. The van der Waals surface area contributed by atoms with E-state index >= 15 is 0 Å². The number of benzene rings is 8. The fourth-order valence-corrected chi connectivity index (χ4v) is 7.67. The van der Waals surface area contributed by atoms with E-state index in [0.29, 0.717) is 0 Å². The highest BCUT2D eigenvalue weighted by atomic mass is 14.5. The molecular weight excluding hydrogens is 540 g/mol. The predicted molar refractivity (Wildman–Crippen MR) is 190 cm³/mol. The number of hydrogen-bond donors (Lipinski definition) is 0. The van der Waals surface area contributed by atoms with Gasteiger partial charge in [-0.15, -0.1) is 0 Å². The molecule has 45 heavy (non-hydrogen) atoms. The van der Waals surface area contributed by atoms with Crippen LogP contribution in [-0.2, 0) is 5.41 Å². The first kappa shape index (κ1) is 25.7. The standard InChI is InChI=1S/C45H30/c1-4-11-31(12-5-1)32-19-21-33(22-20-32)34-23-25-35(26-24-34)38-29-37-28-27-36-13-10-18-41-43(36)44(37)42(30-38)45(41,39-14-6-2-7-15-39)40-16-8-3-9-17-40/h1-30H. The molecule has 0 aliphatic heterocycles. The molecule has 8 aromatic carbocycles. The van der Waals surface area contributed by atoms with Crippen LogP contribution < -0.4 is 0 Å². The Morgan fingerprint density at radius 2 is 0.711 bits per heavy atom. The van der Waals surface area contributed by atoms with Crippen molar-refractivity contribution in [3.05, 3.63) is 204 Å². The molecule has 0 fully saturated rings. The van der Waals surface area contributed by atoms with Gasteiger partial charge in [-0.2, -0.15) is 0 Å². The third-order valence-electron chi connectivity index (χ3n) is 9.72. The first-order chi connectivity index (χ1) is 22.3. The molecule has 1 aliphatic rings. The van der Waals surface area contributed by atoms with Crippen LogP contribution in [0.15, 0.2) is 182 Å². The quantitative estimate of drug-likeness (QED) is 0.181. The highest BCUT2D eigenvalue weighted by Crippen LogP contribution is 2.56. The molecule has 0 atom stereocenters. The predicted octanol–water partition coefficient (Wildman–Crippen LogP) is 11.7. The zero-order valence-corrected chi connectivity index (χ0v) is 24.8. The van der Waals surface area contributed by atoms with Crippen LogP contribution in [0.4, 0.5) is 0 Å². The minimum Gasteiger partial charge on any atom is -0.0622 e. The molecule has 0 aromatic heterocycles. The van der Waals surface area contributed by atoms with Crippen molar-refractivity contribution in [2.24, 2.45) is 0 Å². The first-order valence-electron chi connectivity index (χ1n) is 15.7. The van der Waals surface area contributed by atoms with Gasteiger partial charge in [-0.05, 0) is 89.3 Å². The summed E-state index contributed by atoms with van der Waals surface area (Å²) < 4.78 is 0. The molecule has 1 aliphatic carbocycles. The highest BCUT2D eigenvalue weighted by molar-refractivity contribution is 6.17. The summed E-state index contributed by atoms with van der Waals surface area (Å²) >= 11 is 0. The highest BCUT2D eigenvalue weighted by Gasteiger charge is 2.45. The van der Waals surface area contributed by atoms with E-state index in [1.54, 1.807) is 0 Å². The Hall–Kier alpha value is -5.72. The Labute approximate surface area is 263 Å². The zero-order chi connectivity index (χ0) is 29.8. The zero-order valence-electron chi connectivity index (χ0n) is 24.8. The second-order valence-electron chi connectivity index (χ2n) is 12.1. The molecule has 0 radical (unpaired) electrons. The summed E-state index contributed by atoms with van der Waals surface area (Å²) in [6, 6.07) is 66.9. The lowest BCUT2D eigenvalue weighted by atomic mass is 9.67. The minimum atomic E-state index is -0.402. The molecule has 0 N–H and O–H groups in total. The van der Waals surface area contributed by atoms with Gasteiger partial charge >= 0.3 is 0 Å². The molecule has 0 saturated heterocycles. The summed E-state index contributed by atoms with van der Waals surface area (Å²) in [7, 11) is 0. The molecular formula is C45H30. The van der Waals surface area contributed by atoms with Crippen LogP contribution in [0.25, 0.3) is 54.9 Å². The van der Waals surface area contributed by atoms with Gasteiger partial charge in [0.15, 0.2) is 0 Å². The summed E-state index contributed by atoms with van der Waals surface area (Å²) in [6.45, 7) is 0. The van der Waals surface area contributed by atoms with E-state index in [0.717, 1.165) is 0 Å². The summed E-state index contributed by atoms with van der Waals surface area (Å²) in [5.41, 5.74) is 12.3. The SMILES string of the molecule is c1ccc(-c2ccc(-c3ccc(-c4cc5c6c(ccc7cccc(c76)C5(c5ccccc5)c5ccccc5)c4)cc3)cc2)cc1. The second kappa shape index (κ2) is 10.2. The molecule has 8 aromatic rings. The Balaban J connectivity index is 1.21. The summed E-state index contributed by atoms with van der Waals surface area (Å²) in [5.74, 6) is 0. The minimum absolute atomic E-state index is 0.402. The van der Waals surface area contributed by atoms with Gasteiger partial charge in [-0.3, -0.25) is 0 Å². The van der Waals surface area contributed by atoms with Crippen molar-refractivity contribution in [2.45, 2.75) is 5.41 Å². The molecule has 0 bridgehead atoms. The van der Waals surface area contributed by atoms with E-state index in [-0.39, 0.29) is 0 Å². The Bertz CT molecular complexity index is 2270. The molecule has 210 valence electrons. The normalized spacial score (nSPS) is 13.1. The van der Waals surface area contributed by atoms with Gasteiger partial charge in [0.25, 0.3) is 0 Å². The van der Waals surface area contributed by atoms with Crippen molar-refractivity contribution in [3.8, 4) is 33.4 Å². The van der Waals surface area contributed by atoms with E-state index < -0.39 is 5.41 Å². The van der Waals surface area contributed by atoms with Crippen LogP contribution in [-0.4, -0.2) is 0 Å². The second-order valence-corrected chi connectivity index (χ2v) is 12.1. The van der Waals surface area contributed by atoms with Crippen molar-refractivity contribution < 1.29 is 0 Å². The van der Waals surface area contributed by atoms with Crippen molar-refractivity contribution in [1.82, 2.24) is 0 Å². The van der Waals surface area contributed by atoms with Crippen LogP contribution in [0.2, 0.25) is 0 Å². The maximum atomic E-state index is 2.46. The van der Waals surface area contributed by atoms with Gasteiger partial charge < -0.3 is 0 Å². The Kier molecular flexibility index (Phi) is 5.83. The van der Waals surface area contributed by atoms with Gasteiger partial charge in [0.05, 0.1) is 5.41 Å². The lowest BCUT2D eigenvalue weighted by molar-refractivity contribution is 0.771. The van der Waals surface area contributed by atoms with Gasteiger partial charge in [0, 0.05) is 0 Å². The largest absolute Gasteiger partial charge is 0.0714 e. The summed E-state index contributed by atoms with van der Waals surface area (Å²) in [4.78, 5) is 0. The van der Waals surface area contributed by atoms with Crippen LogP contribution in [0.5, 0.6) is 0 Å². The Morgan fingerprint density at radius 1 is 0.267 bits per heavy atom. The average molecular weight is 571 g/mol. The molecule has 0 amide bonds. The molecule has 0 spiro atoms. The van der Waals surface area contributed by atoms with Crippen LogP contribution in [0.1, 0.15) is 22.3 Å². The third-order valence-corrected chi connectivity index (χ3v) is 9.72. The summed E-state index contributed by atoms with van der Waals surface area (Å²) in [6.07, 6.45) is 0. The topological polar surface area (TPSA) is 0 Å². The molecule has 0 nitrogen and oxygen atoms in total. The van der Waals surface area contributed by atoms with E-state index in [1.807, 2.05) is 0 Å². The van der Waals surface area contributed by atoms with Gasteiger partial charge in [-0.1, -0.05) is 170 Å². The fourth-order valence-electron chi connectivity index (χ4n) is 7.67. The third kappa shape index (κ3) is 3.93. The van der Waals surface area contributed by atoms with Crippen LogP contribution in [0, 0.1) is 0 Å². The van der Waals surface area contributed by atoms with Gasteiger partial charge in [0.2, 0.25) is 0 Å². The molecule has 0 heteroatoms. The molecule has 0 unspecified atom stereocenters. The van der Waals surface area contributed by atoms with Gasteiger partial charge in [0.1, 0.15) is 0 Å². The van der Waals surface area contributed by atoms with Crippen molar-refractivity contribution in [2.75, 3.05) is 0 Å². The van der Waals surface area contributed by atoms with Crippen LogP contribution >= 0.6 is 0 Å². The first-order valence-corrected chi connectivity index (χ1v) is 15.7. The Morgan fingerprint density at radius 3 is 1.27 bits per heavy atom. The fraction of sp³-hybridized carbons (Fsp3) is 0.0222. The average Bonchev–Trinajstić information content (AvgIpc) is 3.44. The van der Waals surface area contributed by atoms with Crippen molar-refractivity contribution >= 4 is 21.5 Å². The lowest BCUT2D eigenvalue weighted by Crippen LogP contribution is -2.28. The smallest absolute Gasteiger partial charge is 0.0622 e. The maximum Gasteiger partial charge on any atom is 0.0714 e. The van der Waals surface area contributed by atoms with E-state index in [4.69, 9.17) is 0 Å². The van der Waals surface area contributed by atoms with E-state index in [9.17, 15) is 0 Å². The molecule has 9 rings (SSSR count). The van der Waals surface area contributed by atoms with Crippen LogP contribution in [0.3, 0.4) is 0 Å². The van der Waals surface area contributed by atoms with E-state index in [2.05, 4.69) is 182 Å². The lowest BCUT2D eigenvalue weighted by Gasteiger charge is -2.34. The van der Waals surface area contributed by atoms with Crippen molar-refractivity contribution in [1.29, 1.82) is 0 Å². The molecule has 0 heterocycles. The summed E-state index contributed by atoms with van der Waals surface area (Å²) in [5, 5.41) is 5.33. The van der Waals surface area contributed by atoms with E-state index in [1.165, 1.54) is 77.2 Å². The van der Waals surface area contributed by atoms with Crippen molar-refractivity contribution in [3.63, 3.8) is 0 Å². The maximum absolute atomic E-state index is 2.46. The van der Waals surface area contributed by atoms with Gasteiger partial charge in [-0.25, -0.2) is 0 Å². The molecule has 0 saturated carbocycles.